The van der Waals surface area contributed by atoms with Gasteiger partial charge in [0, 0.05) is 30.4 Å². The normalized spacial score (nSPS) is 14.2. The minimum atomic E-state index is 0.173. The molecular weight excluding hydrogens is 216 g/mol. The van der Waals surface area contributed by atoms with Crippen molar-refractivity contribution in [3.63, 3.8) is 0 Å². The molecule has 1 atom stereocenters. The van der Waals surface area contributed by atoms with Crippen molar-refractivity contribution in [2.45, 2.75) is 39.3 Å². The van der Waals surface area contributed by atoms with Crippen LogP contribution in [0, 0.1) is 0 Å². The molecule has 0 aliphatic rings. The molecule has 0 aliphatic heterocycles. The van der Waals surface area contributed by atoms with Crippen LogP contribution in [-0.4, -0.2) is 48.6 Å². The molecule has 0 spiro atoms. The van der Waals surface area contributed by atoms with Gasteiger partial charge in [-0.05, 0) is 46.6 Å². The molecule has 96 valence electrons. The first-order chi connectivity index (χ1) is 7.26. The molecule has 1 unspecified atom stereocenters. The third-order valence-corrected chi connectivity index (χ3v) is 3.32. The molecule has 0 radical (unpaired) electrons. The van der Waals surface area contributed by atoms with E-state index in [0.717, 1.165) is 13.1 Å². The van der Waals surface area contributed by atoms with Gasteiger partial charge in [-0.1, -0.05) is 6.58 Å². The predicted octanol–water partition coefficient (Wildman–Crippen LogP) is 2.61. The van der Waals surface area contributed by atoms with Crippen LogP contribution < -0.4 is 5.32 Å². The monoisotopic (exact) mass is 244 g/mol. The largest absolute Gasteiger partial charge is 0.308 e. The summed E-state index contributed by atoms with van der Waals surface area (Å²) in [5.41, 5.74) is 1.43. The van der Waals surface area contributed by atoms with Crippen molar-refractivity contribution in [2.24, 2.45) is 0 Å². The highest BCUT2D eigenvalue weighted by Gasteiger charge is 2.12. The zero-order chi connectivity index (χ0) is 12.8. The molecule has 1 N–H and O–H groups in total. The smallest absolute Gasteiger partial charge is 0.0202 e. The van der Waals surface area contributed by atoms with Crippen molar-refractivity contribution in [3.8, 4) is 0 Å². The van der Waals surface area contributed by atoms with E-state index in [0.29, 0.717) is 6.04 Å². The van der Waals surface area contributed by atoms with Gasteiger partial charge in [0.25, 0.3) is 0 Å². The highest BCUT2D eigenvalue weighted by atomic mass is 32.2. The lowest BCUT2D eigenvalue weighted by atomic mass is 10.1. The summed E-state index contributed by atoms with van der Waals surface area (Å²) in [7, 11) is 2.17. The van der Waals surface area contributed by atoms with E-state index in [9.17, 15) is 0 Å². The van der Waals surface area contributed by atoms with E-state index in [2.05, 4.69) is 57.8 Å². The molecule has 0 saturated heterocycles. The molecule has 0 bridgehead atoms. The van der Waals surface area contributed by atoms with Crippen LogP contribution in [0.5, 0.6) is 0 Å². The second-order valence-electron chi connectivity index (χ2n) is 5.57. The Morgan fingerprint density at radius 3 is 2.44 bits per heavy atom. The van der Waals surface area contributed by atoms with Gasteiger partial charge >= 0.3 is 0 Å². The molecule has 3 heteroatoms. The summed E-state index contributed by atoms with van der Waals surface area (Å²) < 4.78 is 0. The molecule has 0 aromatic carbocycles. The second-order valence-corrected chi connectivity index (χ2v) is 6.48. The summed E-state index contributed by atoms with van der Waals surface area (Å²) in [6.07, 6.45) is 2.15. The van der Waals surface area contributed by atoms with Crippen molar-refractivity contribution in [3.05, 3.63) is 12.2 Å². The van der Waals surface area contributed by atoms with E-state index >= 15 is 0 Å². The summed E-state index contributed by atoms with van der Waals surface area (Å²) >= 11 is 1.90. The van der Waals surface area contributed by atoms with Crippen molar-refractivity contribution < 1.29 is 0 Å². The fourth-order valence-electron chi connectivity index (χ4n) is 1.32. The van der Waals surface area contributed by atoms with Crippen LogP contribution in [-0.2, 0) is 0 Å². The van der Waals surface area contributed by atoms with E-state index in [1.165, 1.54) is 11.3 Å². The van der Waals surface area contributed by atoms with E-state index in [4.69, 9.17) is 0 Å². The topological polar surface area (TPSA) is 15.3 Å². The van der Waals surface area contributed by atoms with Gasteiger partial charge in [-0.3, -0.25) is 4.90 Å². The fraction of sp³-hybridized carbons (Fsp3) is 0.846. The maximum atomic E-state index is 4.13. The number of thioether (sulfide) groups is 1. The van der Waals surface area contributed by atoms with Crippen LogP contribution in [0.4, 0.5) is 0 Å². The maximum absolute atomic E-state index is 4.13. The SMILES string of the molecule is C=C(CNC(C)(C)C)CN(C)C(C)CSC. The van der Waals surface area contributed by atoms with Gasteiger partial charge < -0.3 is 5.32 Å². The zero-order valence-electron chi connectivity index (χ0n) is 11.8. The molecule has 0 fully saturated rings. The quantitative estimate of drug-likeness (QED) is 0.693. The highest BCUT2D eigenvalue weighted by Crippen LogP contribution is 2.06. The molecule has 16 heavy (non-hydrogen) atoms. The molecule has 0 aliphatic carbocycles. The first kappa shape index (κ1) is 16.0. The Hall–Kier alpha value is 0.0100. The fourth-order valence-corrected chi connectivity index (χ4v) is 2.06. The van der Waals surface area contributed by atoms with Gasteiger partial charge in [0.15, 0.2) is 0 Å². The molecule has 2 nitrogen and oxygen atoms in total. The van der Waals surface area contributed by atoms with Crippen molar-refractivity contribution in [1.82, 2.24) is 10.2 Å². The van der Waals surface area contributed by atoms with Crippen LogP contribution >= 0.6 is 11.8 Å². The number of likely N-dealkylation sites (N-methyl/N-ethyl adjacent to an activating group) is 1. The van der Waals surface area contributed by atoms with E-state index in [1.54, 1.807) is 0 Å². The molecular formula is C13H28N2S. The Balaban J connectivity index is 3.87. The van der Waals surface area contributed by atoms with Crippen molar-refractivity contribution in [1.29, 1.82) is 0 Å². The second kappa shape index (κ2) is 7.36. The third kappa shape index (κ3) is 8.20. The minimum Gasteiger partial charge on any atom is -0.308 e. The third-order valence-electron chi connectivity index (χ3n) is 2.50. The number of rotatable bonds is 7. The summed E-state index contributed by atoms with van der Waals surface area (Å²) in [5.74, 6) is 1.18. The number of nitrogens with zero attached hydrogens (tertiary/aromatic N) is 1. The van der Waals surface area contributed by atoms with Gasteiger partial charge in [0.05, 0.1) is 0 Å². The minimum absolute atomic E-state index is 0.173. The molecule has 0 rings (SSSR count). The Morgan fingerprint density at radius 2 is 2.00 bits per heavy atom. The molecule has 0 aromatic heterocycles. The van der Waals surface area contributed by atoms with Crippen LogP contribution in [0.3, 0.4) is 0 Å². The number of hydrogen-bond acceptors (Lipinski definition) is 3. The Kier molecular flexibility index (Phi) is 7.36. The zero-order valence-corrected chi connectivity index (χ0v) is 12.6. The standard InChI is InChI=1S/C13H28N2S/c1-11(8-14-13(3,4)5)9-15(6)12(2)10-16-7/h12,14H,1,8-10H2,2-7H3. The maximum Gasteiger partial charge on any atom is 0.0202 e. The predicted molar refractivity (Wildman–Crippen MR) is 77.4 cm³/mol. The molecule has 0 heterocycles. The molecule has 0 saturated carbocycles. The molecule has 0 amide bonds. The number of nitrogens with one attached hydrogen (secondary N) is 1. The average Bonchev–Trinajstić information content (AvgIpc) is 2.14. The van der Waals surface area contributed by atoms with Crippen LogP contribution in [0.15, 0.2) is 12.2 Å². The highest BCUT2D eigenvalue weighted by molar-refractivity contribution is 7.98. The van der Waals surface area contributed by atoms with E-state index in [-0.39, 0.29) is 5.54 Å². The Bertz CT molecular complexity index is 208. The average molecular weight is 244 g/mol. The van der Waals surface area contributed by atoms with Crippen molar-refractivity contribution in [2.75, 3.05) is 32.1 Å². The van der Waals surface area contributed by atoms with Gasteiger partial charge in [0.2, 0.25) is 0 Å². The number of hydrogen-bond donors (Lipinski definition) is 1. The summed E-state index contributed by atoms with van der Waals surface area (Å²) in [6.45, 7) is 14.8. The lowest BCUT2D eigenvalue weighted by Crippen LogP contribution is -2.39. The first-order valence-corrected chi connectivity index (χ1v) is 7.26. The first-order valence-electron chi connectivity index (χ1n) is 5.87. The van der Waals surface area contributed by atoms with Crippen LogP contribution in [0.2, 0.25) is 0 Å². The Morgan fingerprint density at radius 1 is 1.44 bits per heavy atom. The van der Waals surface area contributed by atoms with Gasteiger partial charge in [-0.15, -0.1) is 0 Å². The Labute approximate surface area is 106 Å². The summed E-state index contributed by atoms with van der Waals surface area (Å²) in [4.78, 5) is 2.36. The molecule has 0 aromatic rings. The summed E-state index contributed by atoms with van der Waals surface area (Å²) in [5, 5.41) is 3.47. The van der Waals surface area contributed by atoms with Gasteiger partial charge in [-0.25, -0.2) is 0 Å². The van der Waals surface area contributed by atoms with Gasteiger partial charge in [-0.2, -0.15) is 11.8 Å². The van der Waals surface area contributed by atoms with Crippen LogP contribution in [0.1, 0.15) is 27.7 Å². The lowest BCUT2D eigenvalue weighted by Gasteiger charge is -2.27. The van der Waals surface area contributed by atoms with E-state index in [1.807, 2.05) is 11.8 Å². The lowest BCUT2D eigenvalue weighted by molar-refractivity contribution is 0.296. The van der Waals surface area contributed by atoms with E-state index < -0.39 is 0 Å². The summed E-state index contributed by atoms with van der Waals surface area (Å²) in [6, 6.07) is 0.612. The van der Waals surface area contributed by atoms with Gasteiger partial charge in [0.1, 0.15) is 0 Å². The van der Waals surface area contributed by atoms with Crippen molar-refractivity contribution >= 4 is 11.8 Å². The van der Waals surface area contributed by atoms with Crippen LogP contribution in [0.25, 0.3) is 0 Å².